The minimum absolute atomic E-state index is 0. The Morgan fingerprint density at radius 2 is 1.88 bits per heavy atom. The van der Waals surface area contributed by atoms with Gasteiger partial charge in [-0.2, -0.15) is 0 Å². The maximum absolute atomic E-state index is 11.6. The lowest BCUT2D eigenvalue weighted by Crippen LogP contribution is -2.41. The van der Waals surface area contributed by atoms with E-state index in [0.717, 1.165) is 62.0 Å². The summed E-state index contributed by atoms with van der Waals surface area (Å²) in [5.41, 5.74) is 2.23. The molecule has 32 heavy (non-hydrogen) atoms. The van der Waals surface area contributed by atoms with E-state index in [4.69, 9.17) is 4.74 Å². The quantitative estimate of drug-likeness (QED) is 0.288. The number of anilines is 1. The van der Waals surface area contributed by atoms with Gasteiger partial charge in [-0.3, -0.25) is 4.99 Å². The standard InChI is InChI=1S/C23H32N4O3S.HI/c1-24-23(25-14-12-18-8-10-20(11-9-18)31(3,28)29)26-16-19-13-15-27(17-19)21-6-4-5-7-22(21)30-2;/h4-11,19H,12-17H2,1-3H3,(H2,24,25,26);1H. The summed E-state index contributed by atoms with van der Waals surface area (Å²) in [7, 11) is 0.328. The molecule has 2 aromatic carbocycles. The number of rotatable bonds is 8. The van der Waals surface area contributed by atoms with Crippen molar-refractivity contribution in [2.45, 2.75) is 17.7 Å². The first-order valence-corrected chi connectivity index (χ1v) is 12.4. The molecule has 1 saturated heterocycles. The molecule has 0 amide bonds. The topological polar surface area (TPSA) is 83.0 Å². The molecule has 1 unspecified atom stereocenters. The van der Waals surface area contributed by atoms with Crippen molar-refractivity contribution in [1.82, 2.24) is 10.6 Å². The molecule has 0 radical (unpaired) electrons. The molecule has 2 N–H and O–H groups in total. The van der Waals surface area contributed by atoms with E-state index in [1.165, 1.54) is 6.26 Å². The minimum Gasteiger partial charge on any atom is -0.495 e. The molecule has 0 aliphatic carbocycles. The fraction of sp³-hybridized carbons (Fsp3) is 0.435. The number of benzene rings is 2. The van der Waals surface area contributed by atoms with Crippen LogP contribution in [0, 0.1) is 5.92 Å². The van der Waals surface area contributed by atoms with E-state index in [1.807, 2.05) is 30.3 Å². The minimum atomic E-state index is -3.15. The number of hydrogen-bond acceptors (Lipinski definition) is 5. The number of guanidine groups is 1. The van der Waals surface area contributed by atoms with E-state index in [1.54, 1.807) is 26.3 Å². The molecule has 0 spiro atoms. The molecule has 1 fully saturated rings. The van der Waals surface area contributed by atoms with E-state index in [2.05, 4.69) is 26.6 Å². The van der Waals surface area contributed by atoms with Gasteiger partial charge in [-0.15, -0.1) is 24.0 Å². The first-order chi connectivity index (χ1) is 14.9. The van der Waals surface area contributed by atoms with Gasteiger partial charge in [0, 0.05) is 39.5 Å². The van der Waals surface area contributed by atoms with Gasteiger partial charge in [0.05, 0.1) is 17.7 Å². The Labute approximate surface area is 208 Å². The fourth-order valence-electron chi connectivity index (χ4n) is 3.80. The number of nitrogens with one attached hydrogen (secondary N) is 2. The number of aliphatic imine (C=N–C) groups is 1. The average Bonchev–Trinajstić information content (AvgIpc) is 3.24. The predicted octanol–water partition coefficient (Wildman–Crippen LogP) is 2.95. The maximum Gasteiger partial charge on any atom is 0.190 e. The lowest BCUT2D eigenvalue weighted by atomic mass is 10.1. The molecule has 1 aliphatic heterocycles. The second-order valence-electron chi connectivity index (χ2n) is 7.82. The summed E-state index contributed by atoms with van der Waals surface area (Å²) >= 11 is 0. The largest absolute Gasteiger partial charge is 0.495 e. The first kappa shape index (κ1) is 26.2. The molecule has 9 heteroatoms. The Morgan fingerprint density at radius 1 is 1.16 bits per heavy atom. The Morgan fingerprint density at radius 3 is 2.53 bits per heavy atom. The molecule has 0 saturated carbocycles. The lowest BCUT2D eigenvalue weighted by molar-refractivity contribution is 0.414. The Kier molecular flexibility index (Phi) is 10.1. The molecule has 1 atom stereocenters. The highest BCUT2D eigenvalue weighted by molar-refractivity contribution is 14.0. The number of sulfone groups is 1. The molecule has 0 aromatic heterocycles. The Balaban J connectivity index is 0.00000363. The van der Waals surface area contributed by atoms with E-state index < -0.39 is 9.84 Å². The van der Waals surface area contributed by atoms with Gasteiger partial charge in [0.2, 0.25) is 0 Å². The van der Waals surface area contributed by atoms with Gasteiger partial charge < -0.3 is 20.3 Å². The molecule has 7 nitrogen and oxygen atoms in total. The highest BCUT2D eigenvalue weighted by atomic mass is 127. The predicted molar refractivity (Wildman–Crippen MR) is 141 cm³/mol. The third kappa shape index (κ3) is 7.26. The second kappa shape index (κ2) is 12.3. The molecule has 0 bridgehead atoms. The molecular weight excluding hydrogens is 539 g/mol. The number of methoxy groups -OCH3 is 1. The van der Waals surface area contributed by atoms with Crippen LogP contribution < -0.4 is 20.3 Å². The number of para-hydroxylation sites is 2. The smallest absolute Gasteiger partial charge is 0.190 e. The van der Waals surface area contributed by atoms with Crippen LogP contribution in [-0.2, 0) is 16.3 Å². The van der Waals surface area contributed by atoms with Gasteiger partial charge in [-0.25, -0.2) is 8.42 Å². The van der Waals surface area contributed by atoms with Crippen LogP contribution in [0.2, 0.25) is 0 Å². The van der Waals surface area contributed by atoms with Crippen molar-refractivity contribution in [3.63, 3.8) is 0 Å². The highest BCUT2D eigenvalue weighted by Gasteiger charge is 2.24. The van der Waals surface area contributed by atoms with Crippen LogP contribution in [0.4, 0.5) is 5.69 Å². The summed E-state index contributed by atoms with van der Waals surface area (Å²) in [4.78, 5) is 7.04. The Bertz CT molecular complexity index is 997. The molecule has 2 aromatic rings. The van der Waals surface area contributed by atoms with Gasteiger partial charge in [0.1, 0.15) is 5.75 Å². The van der Waals surface area contributed by atoms with Gasteiger partial charge in [0.15, 0.2) is 15.8 Å². The number of halogens is 1. The van der Waals surface area contributed by atoms with Crippen molar-refractivity contribution in [2.75, 3.05) is 51.5 Å². The van der Waals surface area contributed by atoms with Crippen LogP contribution in [0.1, 0.15) is 12.0 Å². The van der Waals surface area contributed by atoms with Gasteiger partial charge in [0.25, 0.3) is 0 Å². The maximum atomic E-state index is 11.6. The summed E-state index contributed by atoms with van der Waals surface area (Å²) in [6, 6.07) is 15.2. The SMILES string of the molecule is CN=C(NCCc1ccc(S(C)(=O)=O)cc1)NCC1CCN(c2ccccc2OC)C1.I. The lowest BCUT2D eigenvalue weighted by Gasteiger charge is -2.21. The number of nitrogens with zero attached hydrogens (tertiary/aromatic N) is 2. The highest BCUT2D eigenvalue weighted by Crippen LogP contribution is 2.31. The molecule has 176 valence electrons. The summed E-state index contributed by atoms with van der Waals surface area (Å²) < 4.78 is 28.6. The third-order valence-corrected chi connectivity index (χ3v) is 6.68. The summed E-state index contributed by atoms with van der Waals surface area (Å²) in [5, 5.41) is 6.76. The van der Waals surface area contributed by atoms with Crippen molar-refractivity contribution < 1.29 is 13.2 Å². The monoisotopic (exact) mass is 572 g/mol. The summed E-state index contributed by atoms with van der Waals surface area (Å²) in [6.07, 6.45) is 3.13. The summed E-state index contributed by atoms with van der Waals surface area (Å²) in [6.45, 7) is 3.57. The second-order valence-corrected chi connectivity index (χ2v) is 9.83. The summed E-state index contributed by atoms with van der Waals surface area (Å²) in [5.74, 6) is 2.23. The molecular formula is C23H33IN4O3S. The van der Waals surface area contributed by atoms with Gasteiger partial charge in [-0.05, 0) is 48.6 Å². The first-order valence-electron chi connectivity index (χ1n) is 10.5. The number of ether oxygens (including phenoxy) is 1. The van der Waals surface area contributed by atoms with Crippen LogP contribution in [0.25, 0.3) is 0 Å². The number of hydrogen-bond donors (Lipinski definition) is 2. The Hall–Kier alpha value is -2.01. The molecule has 1 heterocycles. The van der Waals surface area contributed by atoms with E-state index in [0.29, 0.717) is 10.8 Å². The zero-order valence-electron chi connectivity index (χ0n) is 18.9. The van der Waals surface area contributed by atoms with Crippen molar-refractivity contribution in [2.24, 2.45) is 10.9 Å². The van der Waals surface area contributed by atoms with Crippen molar-refractivity contribution in [3.8, 4) is 5.75 Å². The van der Waals surface area contributed by atoms with Crippen molar-refractivity contribution in [1.29, 1.82) is 0 Å². The van der Waals surface area contributed by atoms with E-state index in [9.17, 15) is 8.42 Å². The van der Waals surface area contributed by atoms with Crippen molar-refractivity contribution >= 4 is 45.5 Å². The third-order valence-electron chi connectivity index (χ3n) is 5.55. The van der Waals surface area contributed by atoms with Crippen LogP contribution in [0.15, 0.2) is 58.4 Å². The van der Waals surface area contributed by atoms with Crippen LogP contribution in [0.3, 0.4) is 0 Å². The van der Waals surface area contributed by atoms with E-state index >= 15 is 0 Å². The van der Waals surface area contributed by atoms with Crippen molar-refractivity contribution in [3.05, 3.63) is 54.1 Å². The zero-order chi connectivity index (χ0) is 22.3. The van der Waals surface area contributed by atoms with Crippen LogP contribution in [0.5, 0.6) is 5.75 Å². The normalized spacial score (nSPS) is 16.4. The molecule has 3 rings (SSSR count). The molecule has 1 aliphatic rings. The fourth-order valence-corrected chi connectivity index (χ4v) is 4.43. The van der Waals surface area contributed by atoms with E-state index in [-0.39, 0.29) is 24.0 Å². The van der Waals surface area contributed by atoms with Gasteiger partial charge in [-0.1, -0.05) is 24.3 Å². The van der Waals surface area contributed by atoms with Crippen LogP contribution in [-0.4, -0.2) is 61.0 Å². The zero-order valence-corrected chi connectivity index (χ0v) is 22.0. The van der Waals surface area contributed by atoms with Gasteiger partial charge >= 0.3 is 0 Å². The van der Waals surface area contributed by atoms with Crippen LogP contribution >= 0.6 is 24.0 Å². The average molecular weight is 573 g/mol.